The molecule has 0 fully saturated rings. The quantitative estimate of drug-likeness (QED) is 0.834. The lowest BCUT2D eigenvalue weighted by atomic mass is 10.2. The van der Waals surface area contributed by atoms with Gasteiger partial charge in [0.1, 0.15) is 18.2 Å². The van der Waals surface area contributed by atoms with Crippen LogP contribution in [0.1, 0.15) is 5.82 Å². The first kappa shape index (κ1) is 13.3. The number of nitrogens with zero attached hydrogens (tertiary/aromatic N) is 3. The molecule has 0 aliphatic heterocycles. The summed E-state index contributed by atoms with van der Waals surface area (Å²) in [6.45, 7) is 3.30. The highest BCUT2D eigenvalue weighted by molar-refractivity contribution is 5.61. The van der Waals surface area contributed by atoms with Gasteiger partial charge in [0, 0.05) is 38.2 Å². The number of ether oxygens (including phenoxy) is 1. The van der Waals surface area contributed by atoms with E-state index in [1.54, 1.807) is 6.20 Å². The molecule has 5 nitrogen and oxygen atoms in total. The van der Waals surface area contributed by atoms with Gasteiger partial charge in [0.15, 0.2) is 0 Å². The Morgan fingerprint density at radius 2 is 2.16 bits per heavy atom. The fraction of sp³-hybridized carbons (Fsp3) is 0.357. The van der Waals surface area contributed by atoms with Crippen LogP contribution in [0.4, 0.5) is 11.4 Å². The Morgan fingerprint density at radius 3 is 2.79 bits per heavy atom. The van der Waals surface area contributed by atoms with Gasteiger partial charge in [-0.1, -0.05) is 0 Å². The molecule has 1 heterocycles. The van der Waals surface area contributed by atoms with Gasteiger partial charge in [-0.2, -0.15) is 0 Å². The zero-order chi connectivity index (χ0) is 13.8. The second-order valence-corrected chi connectivity index (χ2v) is 4.63. The van der Waals surface area contributed by atoms with Crippen molar-refractivity contribution in [1.82, 2.24) is 9.55 Å². The molecule has 0 aliphatic rings. The molecule has 0 unspecified atom stereocenters. The predicted octanol–water partition coefficient (Wildman–Crippen LogP) is 1.92. The number of nitrogens with two attached hydrogens (primary N) is 1. The molecule has 0 spiro atoms. The summed E-state index contributed by atoms with van der Waals surface area (Å²) in [5.74, 6) is 1.71. The highest BCUT2D eigenvalue weighted by atomic mass is 16.5. The van der Waals surface area contributed by atoms with Crippen LogP contribution in [-0.2, 0) is 6.54 Å². The molecule has 0 bridgehead atoms. The second-order valence-electron chi connectivity index (χ2n) is 4.63. The minimum atomic E-state index is 0.568. The zero-order valence-electron chi connectivity index (χ0n) is 11.6. The SMILES string of the molecule is Cc1nccn1CCOc1cc(N(C)C)ccc1N. The van der Waals surface area contributed by atoms with Gasteiger partial charge in [0.25, 0.3) is 0 Å². The van der Waals surface area contributed by atoms with E-state index >= 15 is 0 Å². The summed E-state index contributed by atoms with van der Waals surface area (Å²) in [7, 11) is 3.98. The Kier molecular flexibility index (Phi) is 3.94. The molecule has 0 atom stereocenters. The van der Waals surface area contributed by atoms with Gasteiger partial charge in [0.05, 0.1) is 12.2 Å². The Balaban J connectivity index is 1.99. The summed E-state index contributed by atoms with van der Waals surface area (Å²) < 4.78 is 7.80. The Hall–Kier alpha value is -2.17. The number of imidazole rings is 1. The molecule has 1 aromatic carbocycles. The van der Waals surface area contributed by atoms with Crippen molar-refractivity contribution in [2.75, 3.05) is 31.3 Å². The van der Waals surface area contributed by atoms with Crippen LogP contribution in [-0.4, -0.2) is 30.3 Å². The molecule has 19 heavy (non-hydrogen) atoms. The van der Waals surface area contributed by atoms with Crippen molar-refractivity contribution in [2.24, 2.45) is 0 Å². The monoisotopic (exact) mass is 260 g/mol. The van der Waals surface area contributed by atoms with Crippen molar-refractivity contribution < 1.29 is 4.74 Å². The maximum Gasteiger partial charge on any atom is 0.144 e. The average Bonchev–Trinajstić information content (AvgIpc) is 2.77. The summed E-state index contributed by atoms with van der Waals surface area (Å²) in [6, 6.07) is 5.80. The molecule has 0 aliphatic carbocycles. The molecule has 0 amide bonds. The van der Waals surface area contributed by atoms with Gasteiger partial charge in [-0.15, -0.1) is 0 Å². The fourth-order valence-electron chi connectivity index (χ4n) is 1.82. The summed E-state index contributed by atoms with van der Waals surface area (Å²) >= 11 is 0. The van der Waals surface area contributed by atoms with E-state index in [9.17, 15) is 0 Å². The minimum absolute atomic E-state index is 0.568. The summed E-state index contributed by atoms with van der Waals surface area (Å²) in [5.41, 5.74) is 7.65. The van der Waals surface area contributed by atoms with Gasteiger partial charge in [-0.3, -0.25) is 0 Å². The largest absolute Gasteiger partial charge is 0.489 e. The van der Waals surface area contributed by atoms with E-state index in [0.717, 1.165) is 23.8 Å². The van der Waals surface area contributed by atoms with E-state index in [4.69, 9.17) is 10.5 Å². The van der Waals surface area contributed by atoms with Crippen LogP contribution in [0.3, 0.4) is 0 Å². The van der Waals surface area contributed by atoms with E-state index in [1.807, 2.05) is 54.9 Å². The summed E-state index contributed by atoms with van der Waals surface area (Å²) in [6.07, 6.45) is 3.73. The molecular formula is C14H20N4O. The van der Waals surface area contributed by atoms with E-state index in [0.29, 0.717) is 12.3 Å². The third-order valence-corrected chi connectivity index (χ3v) is 3.03. The smallest absolute Gasteiger partial charge is 0.144 e. The number of hydrogen-bond donors (Lipinski definition) is 1. The molecule has 2 rings (SSSR count). The Bertz CT molecular complexity index is 548. The lowest BCUT2D eigenvalue weighted by molar-refractivity contribution is 0.298. The number of anilines is 2. The molecule has 5 heteroatoms. The van der Waals surface area contributed by atoms with E-state index < -0.39 is 0 Å². The van der Waals surface area contributed by atoms with Crippen LogP contribution in [0.5, 0.6) is 5.75 Å². The standard InChI is InChI=1S/C14H20N4O/c1-11-16-6-7-18(11)8-9-19-14-10-12(17(2)3)4-5-13(14)15/h4-7,10H,8-9,15H2,1-3H3. The van der Waals surface area contributed by atoms with Crippen molar-refractivity contribution in [2.45, 2.75) is 13.5 Å². The van der Waals surface area contributed by atoms with Crippen LogP contribution >= 0.6 is 0 Å². The van der Waals surface area contributed by atoms with Gasteiger partial charge < -0.3 is 19.9 Å². The summed E-state index contributed by atoms with van der Waals surface area (Å²) in [4.78, 5) is 6.19. The van der Waals surface area contributed by atoms with E-state index in [-0.39, 0.29) is 0 Å². The number of benzene rings is 1. The molecule has 0 saturated carbocycles. The topological polar surface area (TPSA) is 56.3 Å². The average molecular weight is 260 g/mol. The molecule has 1 aromatic heterocycles. The van der Waals surface area contributed by atoms with Crippen molar-refractivity contribution >= 4 is 11.4 Å². The molecule has 102 valence electrons. The number of aryl methyl sites for hydroxylation is 1. The predicted molar refractivity (Wildman–Crippen MR) is 77.6 cm³/mol. The normalized spacial score (nSPS) is 10.5. The lowest BCUT2D eigenvalue weighted by Gasteiger charge is -2.16. The molecule has 0 radical (unpaired) electrons. The van der Waals surface area contributed by atoms with Gasteiger partial charge in [-0.05, 0) is 19.1 Å². The highest BCUT2D eigenvalue weighted by Gasteiger charge is 2.04. The van der Waals surface area contributed by atoms with Gasteiger partial charge in [-0.25, -0.2) is 4.98 Å². The van der Waals surface area contributed by atoms with Gasteiger partial charge in [0.2, 0.25) is 0 Å². The third kappa shape index (κ3) is 3.19. The Morgan fingerprint density at radius 1 is 1.37 bits per heavy atom. The van der Waals surface area contributed by atoms with Crippen molar-refractivity contribution in [3.8, 4) is 5.75 Å². The van der Waals surface area contributed by atoms with Gasteiger partial charge >= 0.3 is 0 Å². The van der Waals surface area contributed by atoms with Crippen molar-refractivity contribution in [3.63, 3.8) is 0 Å². The van der Waals surface area contributed by atoms with Crippen LogP contribution in [0.15, 0.2) is 30.6 Å². The van der Waals surface area contributed by atoms with Crippen molar-refractivity contribution in [3.05, 3.63) is 36.4 Å². The number of aromatic nitrogens is 2. The molecular weight excluding hydrogens is 240 g/mol. The first-order chi connectivity index (χ1) is 9.08. The summed E-state index contributed by atoms with van der Waals surface area (Å²) in [5, 5.41) is 0. The number of nitrogen functional groups attached to an aromatic ring is 1. The second kappa shape index (κ2) is 5.65. The maximum absolute atomic E-state index is 5.92. The third-order valence-electron chi connectivity index (χ3n) is 3.03. The molecule has 0 saturated heterocycles. The highest BCUT2D eigenvalue weighted by Crippen LogP contribution is 2.26. The first-order valence-corrected chi connectivity index (χ1v) is 6.25. The van der Waals surface area contributed by atoms with Crippen LogP contribution in [0.2, 0.25) is 0 Å². The van der Waals surface area contributed by atoms with E-state index in [1.165, 1.54) is 0 Å². The Labute approximate surface area is 113 Å². The molecule has 2 aromatic rings. The minimum Gasteiger partial charge on any atom is -0.489 e. The zero-order valence-corrected chi connectivity index (χ0v) is 11.6. The lowest BCUT2D eigenvalue weighted by Crippen LogP contribution is -2.11. The maximum atomic E-state index is 5.92. The van der Waals surface area contributed by atoms with Crippen LogP contribution < -0.4 is 15.4 Å². The van der Waals surface area contributed by atoms with Crippen LogP contribution in [0, 0.1) is 6.92 Å². The van der Waals surface area contributed by atoms with Crippen LogP contribution in [0.25, 0.3) is 0 Å². The number of rotatable bonds is 5. The fourth-order valence-corrected chi connectivity index (χ4v) is 1.82. The molecule has 2 N–H and O–H groups in total. The van der Waals surface area contributed by atoms with E-state index in [2.05, 4.69) is 4.98 Å². The number of hydrogen-bond acceptors (Lipinski definition) is 4. The first-order valence-electron chi connectivity index (χ1n) is 6.25. The van der Waals surface area contributed by atoms with Crippen molar-refractivity contribution in [1.29, 1.82) is 0 Å².